The van der Waals surface area contributed by atoms with Crippen LogP contribution in [0.1, 0.15) is 18.2 Å². The number of aliphatic hydroxyl groups is 1. The van der Waals surface area contributed by atoms with Crippen molar-refractivity contribution in [1.29, 1.82) is 0 Å². The molecule has 4 rings (SSSR count). The first-order valence-corrected chi connectivity index (χ1v) is 9.39. The van der Waals surface area contributed by atoms with E-state index in [2.05, 4.69) is 25.4 Å². The van der Waals surface area contributed by atoms with Gasteiger partial charge in [-0.2, -0.15) is 10.1 Å². The van der Waals surface area contributed by atoms with Gasteiger partial charge in [0.2, 0.25) is 0 Å². The van der Waals surface area contributed by atoms with Crippen LogP contribution in [0, 0.1) is 6.92 Å². The summed E-state index contributed by atoms with van der Waals surface area (Å²) in [5.74, 6) is 0.917. The van der Waals surface area contributed by atoms with Gasteiger partial charge in [-0.05, 0) is 25.5 Å². The van der Waals surface area contributed by atoms with E-state index in [1.165, 1.54) is 4.57 Å². The molecule has 0 radical (unpaired) electrons. The fourth-order valence-corrected chi connectivity index (χ4v) is 3.12. The lowest BCUT2D eigenvalue weighted by atomic mass is 10.2. The molecule has 0 bridgehead atoms. The molecule has 4 aromatic rings. The van der Waals surface area contributed by atoms with Crippen molar-refractivity contribution >= 4 is 17.0 Å². The fraction of sp³-hybridized carbons (Fsp3) is 0.300. The number of benzene rings is 1. The molecular weight excluding hydrogens is 370 g/mol. The predicted molar refractivity (Wildman–Crippen MR) is 111 cm³/mol. The molecule has 3 heterocycles. The summed E-state index contributed by atoms with van der Waals surface area (Å²) < 4.78 is 3.31. The lowest BCUT2D eigenvalue weighted by Crippen LogP contribution is -2.28. The summed E-state index contributed by atoms with van der Waals surface area (Å²) in [6.07, 6.45) is 0. The number of hydrogen-bond donors (Lipinski definition) is 3. The van der Waals surface area contributed by atoms with Crippen molar-refractivity contribution in [3.05, 3.63) is 58.1 Å². The second-order valence-electron chi connectivity index (χ2n) is 7.12. The summed E-state index contributed by atoms with van der Waals surface area (Å²) in [6, 6.07) is 11.3. The quantitative estimate of drug-likeness (QED) is 0.459. The molecule has 1 aromatic carbocycles. The highest BCUT2D eigenvalue weighted by Gasteiger charge is 2.19. The van der Waals surface area contributed by atoms with Gasteiger partial charge >= 0.3 is 5.69 Å². The molecule has 3 N–H and O–H groups in total. The molecule has 0 aliphatic rings. The Morgan fingerprint density at radius 2 is 2.00 bits per heavy atom. The zero-order chi connectivity index (χ0) is 20.5. The van der Waals surface area contributed by atoms with E-state index in [9.17, 15) is 9.90 Å². The fourth-order valence-electron chi connectivity index (χ4n) is 3.12. The number of aromatic nitrogens is 6. The molecule has 9 nitrogen and oxygen atoms in total. The van der Waals surface area contributed by atoms with Crippen LogP contribution in [-0.4, -0.2) is 47.1 Å². The van der Waals surface area contributed by atoms with Gasteiger partial charge < -0.3 is 15.4 Å². The minimum absolute atomic E-state index is 0.0866. The maximum atomic E-state index is 12.8. The Morgan fingerprint density at radius 1 is 1.24 bits per heavy atom. The molecule has 0 aliphatic carbocycles. The van der Waals surface area contributed by atoms with Gasteiger partial charge in [-0.15, -0.1) is 0 Å². The van der Waals surface area contributed by atoms with Gasteiger partial charge in [-0.25, -0.2) is 9.78 Å². The Labute approximate surface area is 167 Å². The van der Waals surface area contributed by atoms with Crippen LogP contribution in [0.15, 0.2) is 41.2 Å². The molecule has 0 fully saturated rings. The van der Waals surface area contributed by atoms with E-state index in [0.29, 0.717) is 35.0 Å². The van der Waals surface area contributed by atoms with Crippen LogP contribution in [0.4, 0.5) is 5.82 Å². The molecule has 0 amide bonds. The van der Waals surface area contributed by atoms with E-state index in [4.69, 9.17) is 0 Å². The van der Waals surface area contributed by atoms with Crippen molar-refractivity contribution in [2.45, 2.75) is 26.4 Å². The lowest BCUT2D eigenvalue weighted by molar-refractivity contribution is 0.281. The van der Waals surface area contributed by atoms with Gasteiger partial charge in [0, 0.05) is 18.8 Å². The predicted octanol–water partition coefficient (Wildman–Crippen LogP) is 1.67. The van der Waals surface area contributed by atoms with Gasteiger partial charge in [-0.1, -0.05) is 30.3 Å². The maximum absolute atomic E-state index is 12.8. The summed E-state index contributed by atoms with van der Waals surface area (Å²) >= 11 is 0. The molecule has 1 atom stereocenters. The van der Waals surface area contributed by atoms with Crippen LogP contribution in [0.2, 0.25) is 0 Å². The van der Waals surface area contributed by atoms with E-state index in [1.54, 1.807) is 4.68 Å². The molecule has 3 aromatic heterocycles. The number of aromatic amines is 1. The van der Waals surface area contributed by atoms with Gasteiger partial charge in [0.25, 0.3) is 0 Å². The number of imidazole rings is 1. The average Bonchev–Trinajstić information content (AvgIpc) is 3.30. The van der Waals surface area contributed by atoms with Crippen molar-refractivity contribution in [2.75, 3.05) is 11.9 Å². The number of hydrogen-bond acceptors (Lipinski definition) is 6. The van der Waals surface area contributed by atoms with Crippen molar-refractivity contribution in [1.82, 2.24) is 29.3 Å². The van der Waals surface area contributed by atoms with Gasteiger partial charge in [0.05, 0.1) is 13.2 Å². The minimum atomic E-state index is -0.413. The summed E-state index contributed by atoms with van der Waals surface area (Å²) in [4.78, 5) is 24.9. The molecule has 0 aliphatic heterocycles. The van der Waals surface area contributed by atoms with E-state index in [-0.39, 0.29) is 12.6 Å². The average molecular weight is 393 g/mol. The number of nitrogens with one attached hydrogen (secondary N) is 2. The third-order valence-electron chi connectivity index (χ3n) is 4.81. The van der Waals surface area contributed by atoms with E-state index in [0.717, 1.165) is 11.3 Å². The van der Waals surface area contributed by atoms with Crippen LogP contribution in [-0.2, 0) is 13.6 Å². The number of rotatable bonds is 6. The van der Waals surface area contributed by atoms with Crippen LogP contribution in [0.3, 0.4) is 0 Å². The van der Waals surface area contributed by atoms with Gasteiger partial charge in [0.1, 0.15) is 11.2 Å². The molecule has 9 heteroatoms. The van der Waals surface area contributed by atoms with Crippen LogP contribution < -0.4 is 11.0 Å². The van der Waals surface area contributed by atoms with E-state index >= 15 is 0 Å². The molecule has 150 valence electrons. The SMILES string of the molecule is Cc1cc(-c2nc3c([nH]2)c(NC(C)CO)nc(=O)n3Cc2ccccc2)nn1C. The standard InChI is InChI=1S/C20H23N7O2/c1-12(11-28)21-18-16-19(23-17(22-16)15-9-13(2)26(3)25-15)27(20(29)24-18)10-14-7-5-4-6-8-14/h4-9,12,28H,10-11H2,1-3H3,(H,22,23)(H,21,24,29). The second-order valence-corrected chi connectivity index (χ2v) is 7.12. The van der Waals surface area contributed by atoms with Crippen molar-refractivity contribution in [3.63, 3.8) is 0 Å². The lowest BCUT2D eigenvalue weighted by Gasteiger charge is -2.13. The Kier molecular flexibility index (Phi) is 4.89. The highest BCUT2D eigenvalue weighted by Crippen LogP contribution is 2.24. The summed E-state index contributed by atoms with van der Waals surface area (Å²) in [5.41, 5.74) is 3.32. The van der Waals surface area contributed by atoms with E-state index in [1.807, 2.05) is 57.3 Å². The Bertz CT molecular complexity index is 1190. The topological polar surface area (TPSA) is 114 Å². The number of aliphatic hydroxyl groups excluding tert-OH is 1. The normalized spacial score (nSPS) is 12.4. The third-order valence-corrected chi connectivity index (χ3v) is 4.81. The highest BCUT2D eigenvalue weighted by atomic mass is 16.3. The van der Waals surface area contributed by atoms with Crippen molar-refractivity contribution < 1.29 is 5.11 Å². The summed E-state index contributed by atoms with van der Waals surface area (Å²) in [7, 11) is 1.87. The first kappa shape index (κ1) is 18.9. The summed E-state index contributed by atoms with van der Waals surface area (Å²) in [5, 5.41) is 16.9. The summed E-state index contributed by atoms with van der Waals surface area (Å²) in [6.45, 7) is 4.03. The van der Waals surface area contributed by atoms with E-state index < -0.39 is 5.69 Å². The first-order valence-electron chi connectivity index (χ1n) is 9.39. The zero-order valence-corrected chi connectivity index (χ0v) is 16.5. The second kappa shape index (κ2) is 7.51. The molecule has 0 saturated heterocycles. The minimum Gasteiger partial charge on any atom is -0.394 e. The highest BCUT2D eigenvalue weighted by molar-refractivity contribution is 5.85. The van der Waals surface area contributed by atoms with Crippen LogP contribution in [0.5, 0.6) is 0 Å². The van der Waals surface area contributed by atoms with Gasteiger partial charge in [-0.3, -0.25) is 9.25 Å². The third kappa shape index (κ3) is 3.64. The number of anilines is 1. The Balaban J connectivity index is 1.89. The Morgan fingerprint density at radius 3 is 2.66 bits per heavy atom. The van der Waals surface area contributed by atoms with Crippen LogP contribution >= 0.6 is 0 Å². The van der Waals surface area contributed by atoms with Gasteiger partial charge in [0.15, 0.2) is 17.3 Å². The van der Waals surface area contributed by atoms with Crippen molar-refractivity contribution in [3.8, 4) is 11.5 Å². The first-order chi connectivity index (χ1) is 14.0. The monoisotopic (exact) mass is 393 g/mol. The maximum Gasteiger partial charge on any atom is 0.351 e. The van der Waals surface area contributed by atoms with Crippen LogP contribution in [0.25, 0.3) is 22.7 Å². The molecule has 0 spiro atoms. The number of H-pyrrole nitrogens is 1. The number of nitrogens with zero attached hydrogens (tertiary/aromatic N) is 5. The zero-order valence-electron chi connectivity index (χ0n) is 16.5. The van der Waals surface area contributed by atoms with Crippen molar-refractivity contribution in [2.24, 2.45) is 7.05 Å². The molecule has 29 heavy (non-hydrogen) atoms. The number of fused-ring (bicyclic) bond motifs is 1. The molecule has 0 saturated carbocycles. The molecular formula is C20H23N7O2. The Hall–Kier alpha value is -3.46. The molecule has 1 unspecified atom stereocenters. The number of aryl methyl sites for hydroxylation is 2. The smallest absolute Gasteiger partial charge is 0.351 e. The largest absolute Gasteiger partial charge is 0.394 e.